The van der Waals surface area contributed by atoms with E-state index < -0.39 is 45.3 Å². The average molecular weight is 660 g/mol. The number of likely N-dealkylation sites (tertiary alicyclic amines) is 1. The normalized spacial score (nSPS) is 26.0. The monoisotopic (exact) mass is 658 g/mol. The molecule has 1 N–H and O–H groups in total. The van der Waals surface area contributed by atoms with Crippen LogP contribution in [-0.4, -0.2) is 28.7 Å². The summed E-state index contributed by atoms with van der Waals surface area (Å²) in [6.07, 6.45) is 0.142. The van der Waals surface area contributed by atoms with Crippen LogP contribution in [0.1, 0.15) is 33.4 Å². The predicted octanol–water partition coefficient (Wildman–Crippen LogP) is 6.90. The Labute approximate surface area is 262 Å². The van der Waals surface area contributed by atoms with Crippen molar-refractivity contribution in [2.75, 3.05) is 5.32 Å². The highest BCUT2D eigenvalue weighted by atomic mass is 79.9. The zero-order valence-electron chi connectivity index (χ0n) is 22.5. The number of aryl methyl sites for hydroxylation is 1. The number of anilines is 1. The quantitative estimate of drug-likeness (QED) is 0.187. The number of nitrogens with zero attached hydrogens (tertiary/aromatic N) is 1. The fraction of sp³-hybridized carbons (Fsp3) is 0.206. The molecule has 3 atom stereocenters. The lowest BCUT2D eigenvalue weighted by Crippen LogP contribution is -2.57. The predicted molar refractivity (Wildman–Crippen MR) is 166 cm³/mol. The molecular weight excluding hydrogens is 635 g/mol. The first-order chi connectivity index (χ1) is 20.2. The fourth-order valence-electron chi connectivity index (χ4n) is 7.08. The van der Waals surface area contributed by atoms with Crippen molar-refractivity contribution < 1.29 is 14.4 Å². The molecule has 1 saturated heterocycles. The Bertz CT molecular complexity index is 1670. The minimum Gasteiger partial charge on any atom is -0.324 e. The van der Waals surface area contributed by atoms with E-state index >= 15 is 0 Å². The highest BCUT2D eigenvalue weighted by Gasteiger charge is 2.73. The fourth-order valence-corrected chi connectivity index (χ4v) is 8.43. The van der Waals surface area contributed by atoms with Gasteiger partial charge in [-0.1, -0.05) is 94.8 Å². The van der Waals surface area contributed by atoms with Crippen LogP contribution in [0.5, 0.6) is 0 Å². The molecule has 1 aliphatic heterocycles. The van der Waals surface area contributed by atoms with Gasteiger partial charge in [-0.15, -0.1) is 23.2 Å². The summed E-state index contributed by atoms with van der Waals surface area (Å²) in [6, 6.07) is 28.7. The van der Waals surface area contributed by atoms with E-state index in [4.69, 9.17) is 23.2 Å². The van der Waals surface area contributed by atoms with Gasteiger partial charge in [0.25, 0.3) is 0 Å². The van der Waals surface area contributed by atoms with E-state index in [1.807, 2.05) is 97.9 Å². The smallest absolute Gasteiger partial charge is 0.248 e. The summed E-state index contributed by atoms with van der Waals surface area (Å²) in [7, 11) is 0. The number of benzene rings is 4. The maximum absolute atomic E-state index is 14.6. The molecule has 0 radical (unpaired) electrons. The standard InChI is InChI=1S/C34H25BrCl2N2O3/c1-19-17-21(15-16-26(19)35)38-30(40)27(18-20-9-3-2-4-10-20)39-31(41)28-29(32(39)42)34(37)23-12-6-5-11-22(23)33(28,36)24-13-7-8-14-25(24)34/h2-17,27-29H,18H2,1H3,(H,38,40)/t27-,28-,29+,33?,34?/m0/s1. The second-order valence-corrected chi connectivity index (χ2v) is 13.2. The molecule has 4 aromatic rings. The lowest BCUT2D eigenvalue weighted by atomic mass is 9.54. The second kappa shape index (κ2) is 9.80. The van der Waals surface area contributed by atoms with Gasteiger partial charge in [-0.2, -0.15) is 0 Å². The van der Waals surface area contributed by atoms with Crippen molar-refractivity contribution in [3.8, 4) is 0 Å². The van der Waals surface area contributed by atoms with E-state index in [0.29, 0.717) is 5.69 Å². The maximum atomic E-state index is 14.6. The molecule has 3 amide bonds. The summed E-state index contributed by atoms with van der Waals surface area (Å²) in [5.74, 6) is -3.39. The lowest BCUT2D eigenvalue weighted by molar-refractivity contribution is -0.146. The van der Waals surface area contributed by atoms with Crippen molar-refractivity contribution in [3.63, 3.8) is 0 Å². The van der Waals surface area contributed by atoms with Crippen LogP contribution in [0.2, 0.25) is 0 Å². The summed E-state index contributed by atoms with van der Waals surface area (Å²) < 4.78 is 0.907. The summed E-state index contributed by atoms with van der Waals surface area (Å²) in [5.41, 5.74) is 5.21. The Morgan fingerprint density at radius 1 is 0.810 bits per heavy atom. The molecule has 4 aliphatic rings. The van der Waals surface area contributed by atoms with Crippen molar-refractivity contribution in [2.24, 2.45) is 11.8 Å². The Balaban J connectivity index is 1.36. The first kappa shape index (κ1) is 27.4. The number of rotatable bonds is 5. The van der Waals surface area contributed by atoms with Crippen LogP contribution in [0.3, 0.4) is 0 Å². The largest absolute Gasteiger partial charge is 0.324 e. The van der Waals surface area contributed by atoms with Crippen LogP contribution >= 0.6 is 39.1 Å². The topological polar surface area (TPSA) is 66.5 Å². The third-order valence-corrected chi connectivity index (χ3v) is 11.1. The number of hydrogen-bond donors (Lipinski definition) is 1. The van der Waals surface area contributed by atoms with Gasteiger partial charge in [0.15, 0.2) is 0 Å². The Morgan fingerprint density at radius 3 is 1.76 bits per heavy atom. The van der Waals surface area contributed by atoms with Crippen LogP contribution < -0.4 is 5.32 Å². The molecule has 4 aromatic carbocycles. The van der Waals surface area contributed by atoms with Crippen molar-refractivity contribution >= 4 is 62.5 Å². The van der Waals surface area contributed by atoms with Gasteiger partial charge in [-0.05, 0) is 58.5 Å². The SMILES string of the molecule is Cc1cc(NC(=O)[C@H](Cc2ccccc2)N2C(=O)[C@@H]3[C@H](C2=O)C2(Cl)c4ccccc4C3(Cl)c3ccccc32)ccc1Br. The maximum Gasteiger partial charge on any atom is 0.248 e. The van der Waals surface area contributed by atoms with Crippen LogP contribution in [0, 0.1) is 18.8 Å². The number of alkyl halides is 2. The van der Waals surface area contributed by atoms with E-state index in [-0.39, 0.29) is 6.42 Å². The molecule has 210 valence electrons. The van der Waals surface area contributed by atoms with E-state index in [2.05, 4.69) is 21.2 Å². The number of imide groups is 1. The highest BCUT2D eigenvalue weighted by Crippen LogP contribution is 2.69. The van der Waals surface area contributed by atoms with Gasteiger partial charge in [0, 0.05) is 16.6 Å². The number of amides is 3. The van der Waals surface area contributed by atoms with Crippen LogP contribution in [0.25, 0.3) is 0 Å². The number of hydrogen-bond acceptors (Lipinski definition) is 3. The van der Waals surface area contributed by atoms with Crippen molar-refractivity contribution in [3.05, 3.63) is 135 Å². The Hall–Kier alpha value is -3.45. The highest BCUT2D eigenvalue weighted by molar-refractivity contribution is 9.10. The van der Waals surface area contributed by atoms with Crippen molar-refractivity contribution in [1.82, 2.24) is 4.90 Å². The molecule has 42 heavy (non-hydrogen) atoms. The lowest BCUT2D eigenvalue weighted by Gasteiger charge is -2.54. The summed E-state index contributed by atoms with van der Waals surface area (Å²) in [4.78, 5) is 41.7. The van der Waals surface area contributed by atoms with Gasteiger partial charge in [0.05, 0.1) is 11.8 Å². The van der Waals surface area contributed by atoms with E-state index in [0.717, 1.165) is 42.8 Å². The molecule has 1 fully saturated rings. The molecule has 2 bridgehead atoms. The molecule has 3 aliphatic carbocycles. The number of carbonyl (C=O) groups is 3. The average Bonchev–Trinajstić information content (AvgIpc) is 3.27. The van der Waals surface area contributed by atoms with Gasteiger partial charge in [0.2, 0.25) is 17.7 Å². The van der Waals surface area contributed by atoms with E-state index in [1.54, 1.807) is 6.07 Å². The summed E-state index contributed by atoms with van der Waals surface area (Å²) >= 11 is 18.7. The minimum absolute atomic E-state index is 0.142. The summed E-state index contributed by atoms with van der Waals surface area (Å²) in [6.45, 7) is 1.92. The van der Waals surface area contributed by atoms with Crippen LogP contribution in [0.4, 0.5) is 5.69 Å². The molecule has 0 unspecified atom stereocenters. The van der Waals surface area contributed by atoms with Gasteiger partial charge < -0.3 is 5.32 Å². The third kappa shape index (κ3) is 3.71. The Kier molecular flexibility index (Phi) is 6.39. The third-order valence-electron chi connectivity index (χ3n) is 8.93. The second-order valence-electron chi connectivity index (χ2n) is 11.2. The molecule has 0 aromatic heterocycles. The van der Waals surface area contributed by atoms with E-state index in [9.17, 15) is 14.4 Å². The van der Waals surface area contributed by atoms with Crippen LogP contribution in [-0.2, 0) is 30.6 Å². The first-order valence-corrected chi connectivity index (χ1v) is 15.3. The number of nitrogens with one attached hydrogen (secondary N) is 1. The van der Waals surface area contributed by atoms with Gasteiger partial charge in [-0.25, -0.2) is 0 Å². The zero-order chi connectivity index (χ0) is 29.4. The Morgan fingerprint density at radius 2 is 1.29 bits per heavy atom. The molecular formula is C34H25BrCl2N2O3. The first-order valence-electron chi connectivity index (χ1n) is 13.7. The molecule has 1 heterocycles. The molecule has 5 nitrogen and oxygen atoms in total. The van der Waals surface area contributed by atoms with E-state index in [1.165, 1.54) is 0 Å². The molecule has 0 spiro atoms. The number of halogens is 3. The van der Waals surface area contributed by atoms with Crippen molar-refractivity contribution in [2.45, 2.75) is 29.1 Å². The minimum atomic E-state index is -1.31. The number of carbonyl (C=O) groups excluding carboxylic acids is 3. The summed E-state index contributed by atoms with van der Waals surface area (Å²) in [5, 5.41) is 2.95. The molecule has 8 heteroatoms. The van der Waals surface area contributed by atoms with Crippen molar-refractivity contribution in [1.29, 1.82) is 0 Å². The van der Waals surface area contributed by atoms with Gasteiger partial charge in [0.1, 0.15) is 15.8 Å². The molecule has 0 saturated carbocycles. The zero-order valence-corrected chi connectivity index (χ0v) is 25.6. The van der Waals surface area contributed by atoms with Crippen LogP contribution in [0.15, 0.2) is 102 Å². The molecule has 8 rings (SSSR count). The van der Waals surface area contributed by atoms with Gasteiger partial charge >= 0.3 is 0 Å². The van der Waals surface area contributed by atoms with Gasteiger partial charge in [-0.3, -0.25) is 19.3 Å².